The van der Waals surface area contributed by atoms with Crippen molar-refractivity contribution >= 4 is 17.8 Å². The van der Waals surface area contributed by atoms with Crippen molar-refractivity contribution in [3.63, 3.8) is 0 Å². The minimum atomic E-state index is -2.91. The third-order valence-electron chi connectivity index (χ3n) is 9.98. The zero-order chi connectivity index (χ0) is 42.7. The lowest BCUT2D eigenvalue weighted by molar-refractivity contribution is -0.370. The second kappa shape index (κ2) is 19.8. The van der Waals surface area contributed by atoms with Crippen LogP contribution in [0.4, 0.5) is 0 Å². The maximum absolute atomic E-state index is 12.6. The van der Waals surface area contributed by atoms with E-state index in [0.29, 0.717) is 0 Å². The SMILES string of the molecule is CC(=O)N[C@H]1[C@H](O[C@H]2[C@@H](O)[C@@H](CO)OC(O)[C@@H]2O)O[C@H](CO)[C@@H](O[C@@H]2O[C@H](CO[C@]3(C(=O)O)C[C@H](O)[C@@H](NC(C)=O)[C@H]([C@H](O)[C@H](O)CO)O3)[C@H](O)[C@H](O)[C@H]2O)[C@@H]1O. The van der Waals surface area contributed by atoms with Gasteiger partial charge in [-0.2, -0.15) is 0 Å². The number of aliphatic hydroxyl groups excluding tert-OH is 13. The maximum atomic E-state index is 12.6. The van der Waals surface area contributed by atoms with E-state index in [1.54, 1.807) is 0 Å². The molecule has 0 aromatic carbocycles. The molecular weight excluding hydrogens is 784 g/mol. The minimum absolute atomic E-state index is 0.754. The Labute approximate surface area is 322 Å². The van der Waals surface area contributed by atoms with Crippen LogP contribution in [0.1, 0.15) is 20.3 Å². The van der Waals surface area contributed by atoms with Crippen LogP contribution in [0, 0.1) is 0 Å². The number of aliphatic carboxylic acids is 1. The number of hydrogen-bond acceptors (Lipinski definition) is 23. The Morgan fingerprint density at radius 3 is 1.84 bits per heavy atom. The Hall–Kier alpha value is -2.39. The number of carboxylic acid groups (broad SMARTS) is 1. The molecule has 26 nitrogen and oxygen atoms in total. The Balaban J connectivity index is 1.55. The van der Waals surface area contributed by atoms with Crippen molar-refractivity contribution < 1.29 is 119 Å². The summed E-state index contributed by atoms with van der Waals surface area (Å²) in [6.07, 6.45) is -35.2. The molecule has 4 fully saturated rings. The summed E-state index contributed by atoms with van der Waals surface area (Å²) in [7, 11) is 0. The number of carboxylic acids is 1. The second-order valence-corrected chi connectivity index (χ2v) is 14.1. The van der Waals surface area contributed by atoms with Crippen LogP contribution in [-0.4, -0.2) is 244 Å². The van der Waals surface area contributed by atoms with Gasteiger partial charge in [0, 0.05) is 20.3 Å². The number of ether oxygens (including phenoxy) is 7. The van der Waals surface area contributed by atoms with Crippen molar-refractivity contribution in [2.45, 2.75) is 149 Å². The number of hydrogen-bond donors (Lipinski definition) is 16. The van der Waals surface area contributed by atoms with Gasteiger partial charge in [0.25, 0.3) is 5.79 Å². The highest BCUT2D eigenvalue weighted by atomic mass is 16.8. The summed E-state index contributed by atoms with van der Waals surface area (Å²) < 4.78 is 38.6. The van der Waals surface area contributed by atoms with E-state index in [-0.39, 0.29) is 0 Å². The van der Waals surface area contributed by atoms with E-state index in [1.165, 1.54) is 0 Å². The predicted octanol–water partition coefficient (Wildman–Crippen LogP) is -10.3. The third-order valence-corrected chi connectivity index (χ3v) is 9.98. The van der Waals surface area contributed by atoms with Gasteiger partial charge in [0.2, 0.25) is 11.8 Å². The highest BCUT2D eigenvalue weighted by molar-refractivity contribution is 5.76. The first-order chi connectivity index (χ1) is 26.7. The highest BCUT2D eigenvalue weighted by Gasteiger charge is 2.58. The molecule has 4 aliphatic heterocycles. The fraction of sp³-hybridized carbons (Fsp3) is 0.903. The Morgan fingerprint density at radius 1 is 0.702 bits per heavy atom. The van der Waals surface area contributed by atoms with Crippen LogP contribution < -0.4 is 10.6 Å². The molecule has 330 valence electrons. The number of rotatable bonds is 15. The first-order valence-corrected chi connectivity index (χ1v) is 17.7. The molecule has 0 aromatic rings. The van der Waals surface area contributed by atoms with Crippen LogP contribution in [0.15, 0.2) is 0 Å². The van der Waals surface area contributed by atoms with Gasteiger partial charge >= 0.3 is 5.97 Å². The average molecular weight is 837 g/mol. The van der Waals surface area contributed by atoms with Gasteiger partial charge in [0.1, 0.15) is 91.5 Å². The summed E-state index contributed by atoms with van der Waals surface area (Å²) in [5, 5.41) is 150. The number of nitrogens with one attached hydrogen (secondary N) is 2. The molecule has 4 heterocycles. The van der Waals surface area contributed by atoms with E-state index in [9.17, 15) is 85.9 Å². The number of aliphatic hydroxyl groups is 13. The molecule has 4 rings (SSSR count). The monoisotopic (exact) mass is 836 g/mol. The van der Waals surface area contributed by atoms with Crippen LogP contribution in [0.25, 0.3) is 0 Å². The molecule has 0 spiro atoms. The van der Waals surface area contributed by atoms with Crippen LogP contribution in [-0.2, 0) is 47.5 Å². The van der Waals surface area contributed by atoms with Crippen molar-refractivity contribution in [3.8, 4) is 0 Å². The van der Waals surface area contributed by atoms with Gasteiger partial charge < -0.3 is 115 Å². The Morgan fingerprint density at radius 2 is 1.28 bits per heavy atom. The summed E-state index contributed by atoms with van der Waals surface area (Å²) in [6, 6.07) is -3.20. The van der Waals surface area contributed by atoms with E-state index < -0.39 is 179 Å². The van der Waals surface area contributed by atoms with E-state index >= 15 is 0 Å². The van der Waals surface area contributed by atoms with Crippen LogP contribution in [0.2, 0.25) is 0 Å². The van der Waals surface area contributed by atoms with Gasteiger partial charge in [-0.25, -0.2) is 4.79 Å². The molecule has 0 bridgehead atoms. The molecule has 0 radical (unpaired) electrons. The van der Waals surface area contributed by atoms with E-state index in [2.05, 4.69) is 10.6 Å². The molecule has 4 aliphatic rings. The van der Waals surface area contributed by atoms with Gasteiger partial charge in [-0.1, -0.05) is 0 Å². The zero-order valence-electron chi connectivity index (χ0n) is 30.4. The van der Waals surface area contributed by atoms with Crippen molar-refractivity contribution in [2.24, 2.45) is 0 Å². The fourth-order valence-corrected chi connectivity index (χ4v) is 6.94. The minimum Gasteiger partial charge on any atom is -0.477 e. The molecule has 21 atom stereocenters. The average Bonchev–Trinajstić information content (AvgIpc) is 3.16. The van der Waals surface area contributed by atoms with Gasteiger partial charge in [-0.05, 0) is 0 Å². The van der Waals surface area contributed by atoms with E-state index in [4.69, 9.17) is 33.2 Å². The van der Waals surface area contributed by atoms with Crippen molar-refractivity contribution in [3.05, 3.63) is 0 Å². The summed E-state index contributed by atoms with van der Waals surface area (Å²) >= 11 is 0. The fourth-order valence-electron chi connectivity index (χ4n) is 6.94. The predicted molar refractivity (Wildman–Crippen MR) is 174 cm³/mol. The molecule has 57 heavy (non-hydrogen) atoms. The molecule has 0 saturated carbocycles. The summed E-state index contributed by atoms with van der Waals surface area (Å²) in [6.45, 7) is -1.87. The largest absolute Gasteiger partial charge is 0.477 e. The molecule has 1 unspecified atom stereocenters. The van der Waals surface area contributed by atoms with Crippen molar-refractivity contribution in [2.75, 3.05) is 26.4 Å². The summed E-state index contributed by atoms with van der Waals surface area (Å²) in [4.78, 5) is 36.6. The van der Waals surface area contributed by atoms with E-state index in [0.717, 1.165) is 13.8 Å². The highest BCUT2D eigenvalue weighted by Crippen LogP contribution is 2.36. The molecule has 4 saturated heterocycles. The van der Waals surface area contributed by atoms with Crippen LogP contribution in [0.3, 0.4) is 0 Å². The number of amides is 2. The summed E-state index contributed by atoms with van der Waals surface area (Å²) in [5.74, 6) is -6.39. The van der Waals surface area contributed by atoms with Crippen LogP contribution in [0.5, 0.6) is 0 Å². The van der Waals surface area contributed by atoms with Crippen LogP contribution >= 0.6 is 0 Å². The van der Waals surface area contributed by atoms with Gasteiger partial charge in [0.15, 0.2) is 18.9 Å². The van der Waals surface area contributed by atoms with Gasteiger partial charge in [-0.3, -0.25) is 9.59 Å². The second-order valence-electron chi connectivity index (χ2n) is 14.1. The molecular formula is C31H52N2O24. The lowest BCUT2D eigenvalue weighted by Gasteiger charge is -2.49. The number of carbonyl (C=O) groups is 3. The summed E-state index contributed by atoms with van der Waals surface area (Å²) in [5.41, 5.74) is 0. The lowest BCUT2D eigenvalue weighted by atomic mass is 9.88. The molecule has 26 heteroatoms. The first-order valence-electron chi connectivity index (χ1n) is 17.7. The van der Waals surface area contributed by atoms with Gasteiger partial charge in [0.05, 0.1) is 38.6 Å². The topological polar surface area (TPSA) is 423 Å². The Kier molecular flexibility index (Phi) is 16.4. The van der Waals surface area contributed by atoms with E-state index in [1.807, 2.05) is 0 Å². The molecule has 16 N–H and O–H groups in total. The lowest BCUT2D eigenvalue weighted by Crippen LogP contribution is -2.69. The number of carbonyl (C=O) groups excluding carboxylic acids is 2. The smallest absolute Gasteiger partial charge is 0.364 e. The maximum Gasteiger partial charge on any atom is 0.364 e. The van der Waals surface area contributed by atoms with Crippen molar-refractivity contribution in [1.82, 2.24) is 10.6 Å². The standard InChI is InChI=1S/C31H52N2O24/c1-8(37)32-15-10(39)3-31(30(49)50,57-25(15)17(41)11(40)4-34)51-7-14-18(42)21(45)22(46)29(54-14)55-24-13(6-36)53-28(16(20(24)44)33-9(2)38)56-26-19(43)12(5-35)52-27(48)23(26)47/h10-29,34-36,39-48H,3-7H2,1-2H3,(H,32,37)(H,33,38)(H,49,50)/t10-,11+,12+,13+,14+,15+,16+,17+,18-,19-,20+,21-,22+,23+,24+,25+,26-,27?,28-,29-,31+/m0/s1. The first kappa shape index (κ1) is 47.3. The molecule has 0 aliphatic carbocycles. The molecule has 0 aromatic heterocycles. The normalized spacial score (nSPS) is 45.1. The van der Waals surface area contributed by atoms with Crippen molar-refractivity contribution in [1.29, 1.82) is 0 Å². The zero-order valence-corrected chi connectivity index (χ0v) is 30.4. The molecule has 2 amide bonds. The third kappa shape index (κ3) is 10.3. The quantitative estimate of drug-likeness (QED) is 0.0728. The van der Waals surface area contributed by atoms with Gasteiger partial charge in [-0.15, -0.1) is 0 Å². The Bertz CT molecular complexity index is 1350.